The summed E-state index contributed by atoms with van der Waals surface area (Å²) in [6, 6.07) is 7.54. The number of furan rings is 2. The van der Waals surface area contributed by atoms with Gasteiger partial charge in [0, 0.05) is 19.2 Å². The maximum absolute atomic E-state index is 12.5. The van der Waals surface area contributed by atoms with Crippen molar-refractivity contribution in [2.45, 2.75) is 20.4 Å². The van der Waals surface area contributed by atoms with E-state index in [-0.39, 0.29) is 5.91 Å². The van der Waals surface area contributed by atoms with Crippen molar-refractivity contribution in [2.24, 2.45) is 0 Å². The Balaban J connectivity index is 2.05. The van der Waals surface area contributed by atoms with Crippen LogP contribution in [-0.2, 0) is 11.3 Å². The molecule has 0 saturated heterocycles. The number of hydrogen-bond donors (Lipinski definition) is 0. The van der Waals surface area contributed by atoms with Gasteiger partial charge in [-0.3, -0.25) is 4.79 Å². The van der Waals surface area contributed by atoms with Crippen LogP contribution in [0.5, 0.6) is 0 Å². The Kier molecular flexibility index (Phi) is 5.82. The van der Waals surface area contributed by atoms with Crippen LogP contribution in [0.2, 0.25) is 0 Å². The van der Waals surface area contributed by atoms with Crippen molar-refractivity contribution >= 4 is 12.0 Å². The van der Waals surface area contributed by atoms with Crippen LogP contribution in [0, 0.1) is 13.8 Å². The SMILES string of the molecule is Cc1ccc(/C=C\C(=O)N(CCN(C)C)Cc2ccc(C)o2)o1. The molecule has 23 heavy (non-hydrogen) atoms. The summed E-state index contributed by atoms with van der Waals surface area (Å²) in [5.41, 5.74) is 0. The van der Waals surface area contributed by atoms with E-state index >= 15 is 0 Å². The number of likely N-dealkylation sites (N-methyl/N-ethyl adjacent to an activating group) is 1. The molecule has 2 aromatic heterocycles. The maximum atomic E-state index is 12.5. The van der Waals surface area contributed by atoms with Gasteiger partial charge in [-0.05, 0) is 58.3 Å². The Morgan fingerprint density at radius 1 is 1.04 bits per heavy atom. The monoisotopic (exact) mass is 316 g/mol. The number of nitrogens with zero attached hydrogens (tertiary/aromatic N) is 2. The molecule has 0 atom stereocenters. The van der Waals surface area contributed by atoms with E-state index in [1.165, 1.54) is 0 Å². The van der Waals surface area contributed by atoms with Gasteiger partial charge in [-0.2, -0.15) is 0 Å². The van der Waals surface area contributed by atoms with Crippen LogP contribution in [0.15, 0.2) is 39.2 Å². The first-order valence-corrected chi connectivity index (χ1v) is 7.67. The van der Waals surface area contributed by atoms with Gasteiger partial charge in [0.1, 0.15) is 23.0 Å². The van der Waals surface area contributed by atoms with Crippen LogP contribution < -0.4 is 0 Å². The lowest BCUT2D eigenvalue weighted by Crippen LogP contribution is -2.35. The summed E-state index contributed by atoms with van der Waals surface area (Å²) in [6.45, 7) is 5.66. The van der Waals surface area contributed by atoms with E-state index in [0.29, 0.717) is 18.8 Å². The van der Waals surface area contributed by atoms with Crippen molar-refractivity contribution in [3.63, 3.8) is 0 Å². The zero-order chi connectivity index (χ0) is 16.8. The van der Waals surface area contributed by atoms with E-state index in [1.807, 2.05) is 57.1 Å². The average Bonchev–Trinajstić information content (AvgIpc) is 3.09. The van der Waals surface area contributed by atoms with Gasteiger partial charge >= 0.3 is 0 Å². The van der Waals surface area contributed by atoms with Crippen LogP contribution in [0.3, 0.4) is 0 Å². The summed E-state index contributed by atoms with van der Waals surface area (Å²) in [5.74, 6) is 3.08. The fourth-order valence-corrected chi connectivity index (χ4v) is 2.15. The van der Waals surface area contributed by atoms with E-state index in [9.17, 15) is 4.79 Å². The van der Waals surface area contributed by atoms with E-state index in [1.54, 1.807) is 17.1 Å². The molecule has 2 heterocycles. The van der Waals surface area contributed by atoms with Crippen molar-refractivity contribution in [1.82, 2.24) is 9.80 Å². The van der Waals surface area contributed by atoms with Gasteiger partial charge in [0.25, 0.3) is 0 Å². The minimum absolute atomic E-state index is 0.0602. The number of hydrogen-bond acceptors (Lipinski definition) is 4. The number of carbonyl (C=O) groups excluding carboxylic acids is 1. The van der Waals surface area contributed by atoms with Gasteiger partial charge in [-0.1, -0.05) is 0 Å². The molecule has 0 aliphatic heterocycles. The van der Waals surface area contributed by atoms with E-state index in [0.717, 1.165) is 23.8 Å². The Morgan fingerprint density at radius 3 is 2.30 bits per heavy atom. The lowest BCUT2D eigenvalue weighted by atomic mass is 10.3. The molecular formula is C18H24N2O3. The fourth-order valence-electron chi connectivity index (χ4n) is 2.15. The van der Waals surface area contributed by atoms with Crippen LogP contribution >= 0.6 is 0 Å². The predicted octanol–water partition coefficient (Wildman–Crippen LogP) is 3.09. The second-order valence-corrected chi connectivity index (χ2v) is 5.86. The molecule has 0 spiro atoms. The third-order valence-electron chi connectivity index (χ3n) is 3.42. The Labute approximate surface area is 137 Å². The molecule has 0 aliphatic carbocycles. The molecular weight excluding hydrogens is 292 g/mol. The second-order valence-electron chi connectivity index (χ2n) is 5.86. The highest BCUT2D eigenvalue weighted by atomic mass is 16.3. The second kappa shape index (κ2) is 7.83. The largest absolute Gasteiger partial charge is 0.464 e. The van der Waals surface area contributed by atoms with Crippen molar-refractivity contribution in [2.75, 3.05) is 27.2 Å². The molecule has 0 unspecified atom stereocenters. The number of aryl methyl sites for hydroxylation is 2. The lowest BCUT2D eigenvalue weighted by molar-refractivity contribution is -0.127. The Bertz CT molecular complexity index is 667. The van der Waals surface area contributed by atoms with E-state index < -0.39 is 0 Å². The Hall–Kier alpha value is -2.27. The highest BCUT2D eigenvalue weighted by Gasteiger charge is 2.14. The van der Waals surface area contributed by atoms with Crippen molar-refractivity contribution in [1.29, 1.82) is 0 Å². The summed E-state index contributed by atoms with van der Waals surface area (Å²) in [4.78, 5) is 16.3. The predicted molar refractivity (Wildman–Crippen MR) is 89.9 cm³/mol. The smallest absolute Gasteiger partial charge is 0.247 e. The molecule has 2 rings (SSSR count). The minimum Gasteiger partial charge on any atom is -0.464 e. The summed E-state index contributed by atoms with van der Waals surface area (Å²) in [5, 5.41) is 0. The first-order chi connectivity index (χ1) is 10.9. The summed E-state index contributed by atoms with van der Waals surface area (Å²) >= 11 is 0. The fraction of sp³-hybridized carbons (Fsp3) is 0.389. The third-order valence-corrected chi connectivity index (χ3v) is 3.42. The average molecular weight is 316 g/mol. The van der Waals surface area contributed by atoms with Crippen molar-refractivity contribution in [3.8, 4) is 0 Å². The van der Waals surface area contributed by atoms with Gasteiger partial charge in [0.05, 0.1) is 6.54 Å². The van der Waals surface area contributed by atoms with Gasteiger partial charge in [0.2, 0.25) is 5.91 Å². The molecule has 124 valence electrons. The van der Waals surface area contributed by atoms with E-state index in [2.05, 4.69) is 0 Å². The summed E-state index contributed by atoms with van der Waals surface area (Å²) < 4.78 is 11.0. The lowest BCUT2D eigenvalue weighted by Gasteiger charge is -2.22. The molecule has 0 N–H and O–H groups in total. The van der Waals surface area contributed by atoms with Crippen LogP contribution in [0.1, 0.15) is 23.0 Å². The third kappa shape index (κ3) is 5.45. The zero-order valence-electron chi connectivity index (χ0n) is 14.2. The van der Waals surface area contributed by atoms with Crippen LogP contribution in [0.4, 0.5) is 0 Å². The van der Waals surface area contributed by atoms with Gasteiger partial charge in [-0.15, -0.1) is 0 Å². The van der Waals surface area contributed by atoms with Crippen molar-refractivity contribution in [3.05, 3.63) is 53.4 Å². The molecule has 0 bridgehead atoms. The first-order valence-electron chi connectivity index (χ1n) is 7.67. The quantitative estimate of drug-likeness (QED) is 0.737. The molecule has 0 aliphatic rings. The number of rotatable bonds is 7. The molecule has 0 aromatic carbocycles. The van der Waals surface area contributed by atoms with E-state index in [4.69, 9.17) is 8.83 Å². The molecule has 0 saturated carbocycles. The van der Waals surface area contributed by atoms with Gasteiger partial charge < -0.3 is 18.6 Å². The molecule has 0 radical (unpaired) electrons. The molecule has 2 aromatic rings. The highest BCUT2D eigenvalue weighted by Crippen LogP contribution is 2.12. The molecule has 5 heteroatoms. The zero-order valence-corrected chi connectivity index (χ0v) is 14.2. The van der Waals surface area contributed by atoms with Gasteiger partial charge in [0.15, 0.2) is 0 Å². The van der Waals surface area contributed by atoms with Crippen LogP contribution in [0.25, 0.3) is 6.08 Å². The topological polar surface area (TPSA) is 49.8 Å². The normalized spacial score (nSPS) is 11.5. The van der Waals surface area contributed by atoms with Gasteiger partial charge in [-0.25, -0.2) is 0 Å². The number of amides is 1. The Morgan fingerprint density at radius 2 is 1.74 bits per heavy atom. The molecule has 0 fully saturated rings. The highest BCUT2D eigenvalue weighted by molar-refractivity contribution is 5.91. The molecule has 1 amide bonds. The first kappa shape index (κ1) is 17.1. The standard InChI is InChI=1S/C18H24N2O3/c1-14-5-7-16(22-14)9-10-18(21)20(12-11-19(3)4)13-17-8-6-15(2)23-17/h5-10H,11-13H2,1-4H3/b10-9-. The minimum atomic E-state index is -0.0602. The maximum Gasteiger partial charge on any atom is 0.247 e. The summed E-state index contributed by atoms with van der Waals surface area (Å²) in [7, 11) is 3.97. The van der Waals surface area contributed by atoms with Crippen molar-refractivity contribution < 1.29 is 13.6 Å². The molecule has 5 nitrogen and oxygen atoms in total. The van der Waals surface area contributed by atoms with Crippen LogP contribution in [-0.4, -0.2) is 42.9 Å². The number of carbonyl (C=O) groups is 1. The summed E-state index contributed by atoms with van der Waals surface area (Å²) in [6.07, 6.45) is 3.25.